The lowest BCUT2D eigenvalue weighted by Gasteiger charge is -2.20. The summed E-state index contributed by atoms with van der Waals surface area (Å²) in [7, 11) is 1.58. The number of nitrogens with two attached hydrogens (primary N) is 1. The van der Waals surface area contributed by atoms with Gasteiger partial charge in [0.25, 0.3) is 0 Å². The normalized spacial score (nSPS) is 22.1. The first kappa shape index (κ1) is 11.4. The van der Waals surface area contributed by atoms with Crippen LogP contribution in [0.25, 0.3) is 0 Å². The lowest BCUT2D eigenvalue weighted by Crippen LogP contribution is -2.24. The van der Waals surface area contributed by atoms with E-state index in [1.54, 1.807) is 13.2 Å². The predicted octanol–water partition coefficient (Wildman–Crippen LogP) is 1.44. The number of halogens is 1. The van der Waals surface area contributed by atoms with Gasteiger partial charge < -0.3 is 15.8 Å². The predicted molar refractivity (Wildman–Crippen MR) is 60.9 cm³/mol. The summed E-state index contributed by atoms with van der Waals surface area (Å²) in [6, 6.07) is 4.33. The number of hydrogen-bond acceptors (Lipinski definition) is 3. The van der Waals surface area contributed by atoms with Gasteiger partial charge in [0.2, 0.25) is 0 Å². The molecule has 2 unspecified atom stereocenters. The number of hydrogen-bond donors (Lipinski definition) is 2. The fraction of sp³-hybridized carbons (Fsp3) is 0.500. The second-order valence-corrected chi connectivity index (χ2v) is 4.16. The summed E-state index contributed by atoms with van der Waals surface area (Å²) in [5.41, 5.74) is 6.92. The average Bonchev–Trinajstić information content (AvgIpc) is 2.81. The van der Waals surface area contributed by atoms with Crippen molar-refractivity contribution in [2.45, 2.75) is 12.5 Å². The molecule has 1 aromatic carbocycles. The lowest BCUT2D eigenvalue weighted by atomic mass is 9.92. The molecule has 4 heteroatoms. The lowest BCUT2D eigenvalue weighted by molar-refractivity contribution is 0.389. The van der Waals surface area contributed by atoms with Crippen LogP contribution in [0, 0.1) is 11.7 Å². The average molecular weight is 224 g/mol. The molecule has 0 spiro atoms. The third kappa shape index (κ3) is 2.18. The highest BCUT2D eigenvalue weighted by Crippen LogP contribution is 2.31. The van der Waals surface area contributed by atoms with Crippen molar-refractivity contribution in [2.75, 3.05) is 20.2 Å². The SMILES string of the molecule is COc1ccc(F)cc1C(N)C1CCNC1. The van der Waals surface area contributed by atoms with Crippen molar-refractivity contribution in [3.63, 3.8) is 0 Å². The summed E-state index contributed by atoms with van der Waals surface area (Å²) in [4.78, 5) is 0. The van der Waals surface area contributed by atoms with E-state index in [1.165, 1.54) is 12.1 Å². The van der Waals surface area contributed by atoms with Crippen LogP contribution < -0.4 is 15.8 Å². The van der Waals surface area contributed by atoms with Crippen LogP contribution in [0.4, 0.5) is 4.39 Å². The van der Waals surface area contributed by atoms with E-state index in [0.717, 1.165) is 25.1 Å². The zero-order chi connectivity index (χ0) is 11.5. The Morgan fingerprint density at radius 3 is 3.00 bits per heavy atom. The van der Waals surface area contributed by atoms with Crippen molar-refractivity contribution >= 4 is 0 Å². The van der Waals surface area contributed by atoms with E-state index in [4.69, 9.17) is 10.5 Å². The molecule has 0 aromatic heterocycles. The van der Waals surface area contributed by atoms with Crippen molar-refractivity contribution < 1.29 is 9.13 Å². The molecule has 0 amide bonds. The summed E-state index contributed by atoms with van der Waals surface area (Å²) < 4.78 is 18.4. The highest BCUT2D eigenvalue weighted by atomic mass is 19.1. The van der Waals surface area contributed by atoms with Crippen LogP contribution in [0.5, 0.6) is 5.75 Å². The van der Waals surface area contributed by atoms with Crippen LogP contribution in [0.2, 0.25) is 0 Å². The summed E-state index contributed by atoms with van der Waals surface area (Å²) in [6.07, 6.45) is 1.03. The molecule has 1 fully saturated rings. The van der Waals surface area contributed by atoms with Gasteiger partial charge in [0, 0.05) is 11.6 Å². The van der Waals surface area contributed by atoms with Gasteiger partial charge in [-0.3, -0.25) is 0 Å². The minimum atomic E-state index is -0.266. The third-order valence-corrected chi connectivity index (χ3v) is 3.16. The highest BCUT2D eigenvalue weighted by molar-refractivity contribution is 5.36. The van der Waals surface area contributed by atoms with Gasteiger partial charge in [0.15, 0.2) is 0 Å². The Morgan fingerprint density at radius 1 is 1.56 bits per heavy atom. The number of benzene rings is 1. The molecular formula is C12H17FN2O. The quantitative estimate of drug-likeness (QED) is 0.816. The number of nitrogens with one attached hydrogen (secondary N) is 1. The molecule has 0 saturated carbocycles. The summed E-state index contributed by atoms with van der Waals surface area (Å²) >= 11 is 0. The first-order valence-electron chi connectivity index (χ1n) is 5.52. The van der Waals surface area contributed by atoms with Gasteiger partial charge in [-0.15, -0.1) is 0 Å². The maximum atomic E-state index is 13.2. The third-order valence-electron chi connectivity index (χ3n) is 3.16. The number of ether oxygens (including phenoxy) is 1. The van der Waals surface area contributed by atoms with E-state index in [0.29, 0.717) is 11.7 Å². The zero-order valence-corrected chi connectivity index (χ0v) is 9.37. The van der Waals surface area contributed by atoms with Gasteiger partial charge in [-0.25, -0.2) is 4.39 Å². The maximum absolute atomic E-state index is 13.2. The van der Waals surface area contributed by atoms with Crippen LogP contribution in [0.1, 0.15) is 18.0 Å². The van der Waals surface area contributed by atoms with E-state index >= 15 is 0 Å². The molecule has 1 heterocycles. The minimum Gasteiger partial charge on any atom is -0.496 e. The second kappa shape index (κ2) is 4.80. The van der Waals surface area contributed by atoms with Gasteiger partial charge in [0.1, 0.15) is 11.6 Å². The summed E-state index contributed by atoms with van der Waals surface area (Å²) in [5, 5.41) is 3.26. The molecular weight excluding hydrogens is 207 g/mol. The molecule has 88 valence electrons. The molecule has 0 bridgehead atoms. The molecule has 1 aliphatic heterocycles. The van der Waals surface area contributed by atoms with Gasteiger partial charge in [-0.2, -0.15) is 0 Å². The molecule has 2 rings (SSSR count). The molecule has 2 atom stereocenters. The Kier molecular flexibility index (Phi) is 3.41. The molecule has 1 aromatic rings. The van der Waals surface area contributed by atoms with Crippen molar-refractivity contribution in [3.8, 4) is 5.75 Å². The van der Waals surface area contributed by atoms with Gasteiger partial charge in [0.05, 0.1) is 7.11 Å². The second-order valence-electron chi connectivity index (χ2n) is 4.16. The Hall–Kier alpha value is -1.13. The van der Waals surface area contributed by atoms with Gasteiger partial charge >= 0.3 is 0 Å². The molecule has 16 heavy (non-hydrogen) atoms. The van der Waals surface area contributed by atoms with Crippen LogP contribution in [0.3, 0.4) is 0 Å². The fourth-order valence-electron chi connectivity index (χ4n) is 2.20. The first-order chi connectivity index (χ1) is 7.72. The van der Waals surface area contributed by atoms with E-state index in [2.05, 4.69) is 5.32 Å². The number of rotatable bonds is 3. The molecule has 1 saturated heterocycles. The zero-order valence-electron chi connectivity index (χ0n) is 9.37. The Balaban J connectivity index is 2.26. The van der Waals surface area contributed by atoms with E-state index in [1.807, 2.05) is 0 Å². The topological polar surface area (TPSA) is 47.3 Å². The van der Waals surface area contributed by atoms with E-state index in [-0.39, 0.29) is 11.9 Å². The minimum absolute atomic E-state index is 0.166. The molecule has 1 aliphatic rings. The van der Waals surface area contributed by atoms with Crippen molar-refractivity contribution in [1.82, 2.24) is 5.32 Å². The largest absolute Gasteiger partial charge is 0.496 e. The standard InChI is InChI=1S/C12H17FN2O/c1-16-11-3-2-9(13)6-10(11)12(14)8-4-5-15-7-8/h2-3,6,8,12,15H,4-5,7,14H2,1H3. The van der Waals surface area contributed by atoms with Crippen molar-refractivity contribution in [3.05, 3.63) is 29.6 Å². The van der Waals surface area contributed by atoms with Crippen LogP contribution in [0.15, 0.2) is 18.2 Å². The molecule has 0 aliphatic carbocycles. The van der Waals surface area contributed by atoms with Gasteiger partial charge in [-0.1, -0.05) is 0 Å². The number of methoxy groups -OCH3 is 1. The van der Waals surface area contributed by atoms with Crippen LogP contribution >= 0.6 is 0 Å². The molecule has 3 nitrogen and oxygen atoms in total. The van der Waals surface area contributed by atoms with Gasteiger partial charge in [-0.05, 0) is 43.6 Å². The highest BCUT2D eigenvalue weighted by Gasteiger charge is 2.25. The van der Waals surface area contributed by atoms with Crippen LogP contribution in [-0.2, 0) is 0 Å². The fourth-order valence-corrected chi connectivity index (χ4v) is 2.20. The van der Waals surface area contributed by atoms with Crippen molar-refractivity contribution in [2.24, 2.45) is 11.7 Å². The maximum Gasteiger partial charge on any atom is 0.123 e. The smallest absolute Gasteiger partial charge is 0.123 e. The Morgan fingerprint density at radius 2 is 2.38 bits per heavy atom. The van der Waals surface area contributed by atoms with E-state index < -0.39 is 0 Å². The van der Waals surface area contributed by atoms with Crippen molar-refractivity contribution in [1.29, 1.82) is 0 Å². The van der Waals surface area contributed by atoms with Crippen LogP contribution in [-0.4, -0.2) is 20.2 Å². The monoisotopic (exact) mass is 224 g/mol. The molecule has 0 radical (unpaired) electrons. The molecule has 3 N–H and O–H groups in total. The Labute approximate surface area is 94.8 Å². The van der Waals surface area contributed by atoms with E-state index in [9.17, 15) is 4.39 Å². The summed E-state index contributed by atoms with van der Waals surface area (Å²) in [6.45, 7) is 1.87. The Bertz CT molecular complexity index is 364. The summed E-state index contributed by atoms with van der Waals surface area (Å²) in [5.74, 6) is 0.758. The first-order valence-corrected chi connectivity index (χ1v) is 5.52.